The smallest absolute Gasteiger partial charge is 0.245 e. The average Bonchev–Trinajstić information content (AvgIpc) is 2.90. The Kier molecular flexibility index (Phi) is 5.21. The number of nitrogens with zero attached hydrogens (tertiary/aromatic N) is 2. The SMILES string of the molecule is CC(=O)NC(C(=O)N1CCCC(c2cc(C)[nH]n2)C1)C(C)C. The van der Waals surface area contributed by atoms with Gasteiger partial charge in [0.15, 0.2) is 0 Å². The summed E-state index contributed by atoms with van der Waals surface area (Å²) in [4.78, 5) is 26.0. The summed E-state index contributed by atoms with van der Waals surface area (Å²) in [7, 11) is 0. The van der Waals surface area contributed by atoms with Crippen LogP contribution < -0.4 is 5.32 Å². The Morgan fingerprint density at radius 3 is 2.73 bits per heavy atom. The van der Waals surface area contributed by atoms with Crippen LogP contribution in [-0.2, 0) is 9.59 Å². The van der Waals surface area contributed by atoms with Crippen molar-refractivity contribution >= 4 is 11.8 Å². The van der Waals surface area contributed by atoms with E-state index in [-0.39, 0.29) is 23.7 Å². The molecule has 0 bridgehead atoms. The quantitative estimate of drug-likeness (QED) is 0.886. The fourth-order valence-electron chi connectivity index (χ4n) is 3.00. The van der Waals surface area contributed by atoms with Crippen molar-refractivity contribution in [1.29, 1.82) is 0 Å². The van der Waals surface area contributed by atoms with Gasteiger partial charge in [-0.1, -0.05) is 13.8 Å². The molecule has 122 valence electrons. The molecule has 0 saturated carbocycles. The van der Waals surface area contributed by atoms with E-state index in [4.69, 9.17) is 0 Å². The van der Waals surface area contributed by atoms with Crippen molar-refractivity contribution in [2.45, 2.75) is 52.5 Å². The first-order valence-electron chi connectivity index (χ1n) is 7.96. The fourth-order valence-corrected chi connectivity index (χ4v) is 3.00. The van der Waals surface area contributed by atoms with Gasteiger partial charge in [0.25, 0.3) is 0 Å². The van der Waals surface area contributed by atoms with Gasteiger partial charge >= 0.3 is 0 Å². The van der Waals surface area contributed by atoms with E-state index in [0.29, 0.717) is 6.54 Å². The Morgan fingerprint density at radius 1 is 1.45 bits per heavy atom. The minimum Gasteiger partial charge on any atom is -0.344 e. The monoisotopic (exact) mass is 306 g/mol. The summed E-state index contributed by atoms with van der Waals surface area (Å²) < 4.78 is 0. The van der Waals surface area contributed by atoms with Gasteiger partial charge in [0.2, 0.25) is 11.8 Å². The van der Waals surface area contributed by atoms with E-state index < -0.39 is 6.04 Å². The number of hydrogen-bond donors (Lipinski definition) is 2. The van der Waals surface area contributed by atoms with Crippen molar-refractivity contribution in [1.82, 2.24) is 20.4 Å². The molecular formula is C16H26N4O2. The van der Waals surface area contributed by atoms with Crippen molar-refractivity contribution in [3.05, 3.63) is 17.5 Å². The number of piperidine rings is 1. The van der Waals surface area contributed by atoms with E-state index in [1.165, 1.54) is 6.92 Å². The summed E-state index contributed by atoms with van der Waals surface area (Å²) in [6.07, 6.45) is 2.01. The Bertz CT molecular complexity index is 538. The molecule has 22 heavy (non-hydrogen) atoms. The van der Waals surface area contributed by atoms with E-state index >= 15 is 0 Å². The predicted molar refractivity (Wildman–Crippen MR) is 84.3 cm³/mol. The summed E-state index contributed by atoms with van der Waals surface area (Å²) in [5, 5.41) is 10.1. The zero-order valence-electron chi connectivity index (χ0n) is 13.8. The van der Waals surface area contributed by atoms with Gasteiger partial charge in [-0.05, 0) is 31.7 Å². The zero-order valence-corrected chi connectivity index (χ0v) is 13.8. The number of aromatic nitrogens is 2. The molecule has 2 heterocycles. The molecular weight excluding hydrogens is 280 g/mol. The minimum atomic E-state index is -0.447. The molecule has 1 aliphatic heterocycles. The van der Waals surface area contributed by atoms with Crippen LogP contribution in [-0.4, -0.2) is 46.0 Å². The highest BCUT2D eigenvalue weighted by atomic mass is 16.2. The van der Waals surface area contributed by atoms with Gasteiger partial charge in [-0.2, -0.15) is 5.10 Å². The maximum atomic E-state index is 12.7. The number of nitrogens with one attached hydrogen (secondary N) is 2. The Labute approximate surface area is 131 Å². The molecule has 1 aromatic heterocycles. The van der Waals surface area contributed by atoms with Crippen LogP contribution in [0.5, 0.6) is 0 Å². The second-order valence-corrected chi connectivity index (χ2v) is 6.52. The number of amides is 2. The van der Waals surface area contributed by atoms with E-state index in [1.54, 1.807) is 0 Å². The molecule has 1 saturated heterocycles. The lowest BCUT2D eigenvalue weighted by Gasteiger charge is -2.35. The fraction of sp³-hybridized carbons (Fsp3) is 0.688. The van der Waals surface area contributed by atoms with Crippen molar-refractivity contribution in [3.63, 3.8) is 0 Å². The number of rotatable bonds is 4. The first-order valence-corrected chi connectivity index (χ1v) is 7.96. The number of H-pyrrole nitrogens is 1. The molecule has 0 spiro atoms. The molecule has 2 unspecified atom stereocenters. The maximum absolute atomic E-state index is 12.7. The normalized spacial score (nSPS) is 20.0. The first-order chi connectivity index (χ1) is 10.4. The molecule has 0 radical (unpaired) electrons. The van der Waals surface area contributed by atoms with Crippen molar-refractivity contribution < 1.29 is 9.59 Å². The van der Waals surface area contributed by atoms with Gasteiger partial charge in [0, 0.05) is 31.6 Å². The minimum absolute atomic E-state index is 0.0159. The summed E-state index contributed by atoms with van der Waals surface area (Å²) >= 11 is 0. The summed E-state index contributed by atoms with van der Waals surface area (Å²) in [5.74, 6) is 0.197. The Balaban J connectivity index is 2.07. The van der Waals surface area contributed by atoms with Crippen LogP contribution >= 0.6 is 0 Å². The van der Waals surface area contributed by atoms with E-state index in [2.05, 4.69) is 15.5 Å². The molecule has 0 aromatic carbocycles. The summed E-state index contributed by atoms with van der Waals surface area (Å²) in [5.41, 5.74) is 2.06. The Hall–Kier alpha value is -1.85. The van der Waals surface area contributed by atoms with Gasteiger partial charge in [0.1, 0.15) is 6.04 Å². The van der Waals surface area contributed by atoms with Crippen LogP contribution in [0.4, 0.5) is 0 Å². The lowest BCUT2D eigenvalue weighted by Crippen LogP contribution is -2.52. The van der Waals surface area contributed by atoms with Crippen LogP contribution in [0.25, 0.3) is 0 Å². The van der Waals surface area contributed by atoms with Gasteiger partial charge in [-0.25, -0.2) is 0 Å². The van der Waals surface area contributed by atoms with Crippen molar-refractivity contribution in [2.75, 3.05) is 13.1 Å². The van der Waals surface area contributed by atoms with Crippen LogP contribution in [0, 0.1) is 12.8 Å². The van der Waals surface area contributed by atoms with E-state index in [1.807, 2.05) is 31.7 Å². The van der Waals surface area contributed by atoms with Gasteiger partial charge in [-0.15, -0.1) is 0 Å². The number of likely N-dealkylation sites (tertiary alicyclic amines) is 1. The largest absolute Gasteiger partial charge is 0.344 e. The third-order valence-corrected chi connectivity index (χ3v) is 4.17. The highest BCUT2D eigenvalue weighted by Gasteiger charge is 2.32. The van der Waals surface area contributed by atoms with Gasteiger partial charge in [0.05, 0.1) is 5.69 Å². The molecule has 0 aliphatic carbocycles. The van der Waals surface area contributed by atoms with Crippen LogP contribution in [0.2, 0.25) is 0 Å². The van der Waals surface area contributed by atoms with Crippen molar-refractivity contribution in [2.24, 2.45) is 5.92 Å². The number of carbonyl (C=O) groups excluding carboxylic acids is 2. The summed E-state index contributed by atoms with van der Waals surface area (Å²) in [6.45, 7) is 8.77. The average molecular weight is 306 g/mol. The third kappa shape index (κ3) is 3.87. The van der Waals surface area contributed by atoms with Gasteiger partial charge < -0.3 is 10.2 Å². The molecule has 1 aliphatic rings. The summed E-state index contributed by atoms with van der Waals surface area (Å²) in [6, 6.07) is 1.60. The molecule has 1 fully saturated rings. The second kappa shape index (κ2) is 6.94. The second-order valence-electron chi connectivity index (χ2n) is 6.52. The standard InChI is InChI=1S/C16H26N4O2/c1-10(2)15(17-12(4)21)16(22)20-7-5-6-13(9-20)14-8-11(3)18-19-14/h8,10,13,15H,5-7,9H2,1-4H3,(H,17,21)(H,18,19). The highest BCUT2D eigenvalue weighted by molar-refractivity contribution is 5.87. The van der Waals surface area contributed by atoms with Gasteiger partial charge in [-0.3, -0.25) is 14.7 Å². The van der Waals surface area contributed by atoms with Crippen LogP contribution in [0.3, 0.4) is 0 Å². The number of carbonyl (C=O) groups is 2. The maximum Gasteiger partial charge on any atom is 0.245 e. The Morgan fingerprint density at radius 2 is 2.18 bits per heavy atom. The zero-order chi connectivity index (χ0) is 16.3. The van der Waals surface area contributed by atoms with Crippen LogP contribution in [0.15, 0.2) is 6.07 Å². The predicted octanol–water partition coefficient (Wildman–Crippen LogP) is 1.58. The number of aryl methyl sites for hydroxylation is 1. The number of aromatic amines is 1. The first kappa shape index (κ1) is 16.5. The molecule has 6 heteroatoms. The molecule has 2 rings (SSSR count). The van der Waals surface area contributed by atoms with E-state index in [9.17, 15) is 9.59 Å². The third-order valence-electron chi connectivity index (χ3n) is 4.17. The van der Waals surface area contributed by atoms with Crippen LogP contribution in [0.1, 0.15) is 50.9 Å². The highest BCUT2D eigenvalue weighted by Crippen LogP contribution is 2.26. The topological polar surface area (TPSA) is 78.1 Å². The lowest BCUT2D eigenvalue weighted by molar-refractivity contribution is -0.138. The lowest BCUT2D eigenvalue weighted by atomic mass is 9.93. The molecule has 2 amide bonds. The number of hydrogen-bond acceptors (Lipinski definition) is 3. The van der Waals surface area contributed by atoms with E-state index in [0.717, 1.165) is 30.8 Å². The molecule has 1 aromatic rings. The molecule has 2 N–H and O–H groups in total. The molecule has 6 nitrogen and oxygen atoms in total. The van der Waals surface area contributed by atoms with Crippen molar-refractivity contribution in [3.8, 4) is 0 Å². The molecule has 2 atom stereocenters.